The molecule has 0 spiro atoms. The van der Waals surface area contributed by atoms with Gasteiger partial charge in [0.05, 0.1) is 18.2 Å². The summed E-state index contributed by atoms with van der Waals surface area (Å²) < 4.78 is 6.25. The zero-order valence-electron chi connectivity index (χ0n) is 22.0. The van der Waals surface area contributed by atoms with Crippen LogP contribution in [0.15, 0.2) is 101 Å². The molecule has 1 unspecified atom stereocenters. The Balaban J connectivity index is 1.45. The molecule has 0 bridgehead atoms. The zero-order valence-corrected chi connectivity index (χ0v) is 23.6. The van der Waals surface area contributed by atoms with Crippen LogP contribution in [0.25, 0.3) is 6.08 Å². The predicted molar refractivity (Wildman–Crippen MR) is 159 cm³/mol. The number of ether oxygens (including phenoxy) is 1. The van der Waals surface area contributed by atoms with E-state index in [1.165, 1.54) is 39.6 Å². The number of carbonyl (C=O) groups is 2. The molecule has 3 aromatic carbocycles. The molecule has 5 rings (SSSR count). The summed E-state index contributed by atoms with van der Waals surface area (Å²) >= 11 is 2.76. The molecule has 0 saturated carbocycles. The first-order chi connectivity index (χ1) is 19.4. The number of nitrogens with zero attached hydrogens (tertiary/aromatic N) is 3. The Morgan fingerprint density at radius 1 is 1.05 bits per heavy atom. The van der Waals surface area contributed by atoms with Crippen molar-refractivity contribution in [1.82, 2.24) is 10.2 Å². The van der Waals surface area contributed by atoms with E-state index < -0.39 is 23.5 Å². The van der Waals surface area contributed by atoms with E-state index in [2.05, 4.69) is 34.5 Å². The van der Waals surface area contributed by atoms with Crippen LogP contribution < -0.4 is 9.64 Å². The Kier molecular flexibility index (Phi) is 8.42. The van der Waals surface area contributed by atoms with Crippen molar-refractivity contribution in [2.24, 2.45) is 0 Å². The van der Waals surface area contributed by atoms with E-state index in [4.69, 9.17) is 4.74 Å². The number of hydrogen-bond acceptors (Lipinski definition) is 8. The van der Waals surface area contributed by atoms with Gasteiger partial charge in [-0.3, -0.25) is 14.5 Å². The van der Waals surface area contributed by atoms with E-state index in [1.54, 1.807) is 30.3 Å². The highest BCUT2D eigenvalue weighted by Crippen LogP contribution is 2.43. The lowest BCUT2D eigenvalue weighted by Crippen LogP contribution is -2.30. The SMILES string of the molecule is CCOc1ccc(C2C(C(=O)/C=C/c3ccccc3)=C(O)C(=O)N2c2nnc(SCc3ccc(C)cc3)s2)cc1. The van der Waals surface area contributed by atoms with Gasteiger partial charge in [-0.25, -0.2) is 0 Å². The fraction of sp³-hybridized carbons (Fsp3) is 0.161. The molecule has 0 fully saturated rings. The number of hydrogen-bond donors (Lipinski definition) is 1. The standard InChI is InChI=1S/C31H27N3O4S2/c1-3-38-24-16-14-23(15-17-24)27-26(25(35)18-13-21-7-5-4-6-8-21)28(36)29(37)34(27)30-32-33-31(40-30)39-19-22-11-9-20(2)10-12-22/h4-18,27,36H,3,19H2,1-2H3/b18-13+. The summed E-state index contributed by atoms with van der Waals surface area (Å²) in [6.07, 6.45) is 3.04. The Hall–Kier alpha value is -4.21. The highest BCUT2D eigenvalue weighted by Gasteiger charge is 2.45. The quantitative estimate of drug-likeness (QED) is 0.129. The minimum Gasteiger partial charge on any atom is -0.503 e. The van der Waals surface area contributed by atoms with Gasteiger partial charge in [-0.15, -0.1) is 10.2 Å². The highest BCUT2D eigenvalue weighted by molar-refractivity contribution is 8.00. The lowest BCUT2D eigenvalue weighted by molar-refractivity contribution is -0.117. The van der Waals surface area contributed by atoms with Crippen LogP contribution in [0.2, 0.25) is 0 Å². The summed E-state index contributed by atoms with van der Waals surface area (Å²) in [6, 6.07) is 23.9. The maximum atomic E-state index is 13.4. The first kappa shape index (κ1) is 27.4. The number of aliphatic hydroxyl groups excluding tert-OH is 1. The zero-order chi connectivity index (χ0) is 28.1. The van der Waals surface area contributed by atoms with Crippen molar-refractivity contribution in [2.75, 3.05) is 11.5 Å². The number of aromatic nitrogens is 2. The van der Waals surface area contributed by atoms with Crippen molar-refractivity contribution >= 4 is 46.0 Å². The van der Waals surface area contributed by atoms with Gasteiger partial charge in [0.15, 0.2) is 15.9 Å². The minimum atomic E-state index is -0.876. The molecule has 202 valence electrons. The molecule has 7 nitrogen and oxygen atoms in total. The van der Waals surface area contributed by atoms with Crippen LogP contribution in [-0.4, -0.2) is 33.6 Å². The molecule has 1 amide bonds. The number of thioether (sulfide) groups is 1. The first-order valence-corrected chi connectivity index (χ1v) is 14.5. The summed E-state index contributed by atoms with van der Waals surface area (Å²) in [6.45, 7) is 4.45. The van der Waals surface area contributed by atoms with Crippen LogP contribution in [0, 0.1) is 6.92 Å². The monoisotopic (exact) mass is 569 g/mol. The second-order valence-electron chi connectivity index (χ2n) is 9.08. The van der Waals surface area contributed by atoms with E-state index in [0.717, 1.165) is 11.1 Å². The van der Waals surface area contributed by atoms with E-state index in [0.29, 0.717) is 33.1 Å². The normalized spacial score (nSPS) is 15.3. The Labute approximate surface area is 240 Å². The molecule has 40 heavy (non-hydrogen) atoms. The molecular formula is C31H27N3O4S2. The summed E-state index contributed by atoms with van der Waals surface area (Å²) in [4.78, 5) is 28.2. The van der Waals surface area contributed by atoms with Gasteiger partial charge in [-0.1, -0.05) is 101 Å². The molecule has 2 heterocycles. The van der Waals surface area contributed by atoms with E-state index >= 15 is 0 Å². The van der Waals surface area contributed by atoms with Crippen molar-refractivity contribution in [3.05, 3.63) is 119 Å². The average molecular weight is 570 g/mol. The number of aryl methyl sites for hydroxylation is 1. The molecule has 1 aliphatic heterocycles. The largest absolute Gasteiger partial charge is 0.503 e. The number of anilines is 1. The number of amides is 1. The summed E-state index contributed by atoms with van der Waals surface area (Å²) in [5, 5.41) is 19.8. The number of allylic oxidation sites excluding steroid dienone is 1. The molecule has 1 aromatic heterocycles. The molecule has 0 saturated heterocycles. The van der Waals surface area contributed by atoms with E-state index in [9.17, 15) is 14.7 Å². The smallest absolute Gasteiger partial charge is 0.296 e. The topological polar surface area (TPSA) is 92.6 Å². The Morgan fingerprint density at radius 3 is 2.48 bits per heavy atom. The second kappa shape index (κ2) is 12.3. The fourth-order valence-corrected chi connectivity index (χ4v) is 6.12. The Morgan fingerprint density at radius 2 is 1.77 bits per heavy atom. The molecular weight excluding hydrogens is 542 g/mol. The third-order valence-corrected chi connectivity index (χ3v) is 8.42. The van der Waals surface area contributed by atoms with Crippen LogP contribution in [-0.2, 0) is 15.3 Å². The van der Waals surface area contributed by atoms with Crippen molar-refractivity contribution in [1.29, 1.82) is 0 Å². The third-order valence-electron chi connectivity index (χ3n) is 6.29. The molecule has 9 heteroatoms. The molecule has 0 radical (unpaired) electrons. The summed E-state index contributed by atoms with van der Waals surface area (Å²) in [7, 11) is 0. The number of aliphatic hydroxyl groups is 1. The maximum absolute atomic E-state index is 13.4. The number of carbonyl (C=O) groups excluding carboxylic acids is 2. The minimum absolute atomic E-state index is 0.00889. The summed E-state index contributed by atoms with van der Waals surface area (Å²) in [5.74, 6) is -0.387. The maximum Gasteiger partial charge on any atom is 0.296 e. The highest BCUT2D eigenvalue weighted by atomic mass is 32.2. The lowest BCUT2D eigenvalue weighted by atomic mass is 9.95. The molecule has 4 aromatic rings. The average Bonchev–Trinajstić information content (AvgIpc) is 3.54. The number of rotatable bonds is 10. The third kappa shape index (κ3) is 6.00. The van der Waals surface area contributed by atoms with E-state index in [1.807, 2.05) is 44.2 Å². The fourth-order valence-electron chi connectivity index (χ4n) is 4.30. The molecule has 1 atom stereocenters. The van der Waals surface area contributed by atoms with Crippen LogP contribution in [0.3, 0.4) is 0 Å². The van der Waals surface area contributed by atoms with Crippen LogP contribution in [0.4, 0.5) is 5.13 Å². The summed E-state index contributed by atoms with van der Waals surface area (Å²) in [5.41, 5.74) is 3.80. The Bertz CT molecular complexity index is 1560. The van der Waals surface area contributed by atoms with Gasteiger partial charge in [0, 0.05) is 5.75 Å². The molecule has 1 aliphatic rings. The number of benzene rings is 3. The van der Waals surface area contributed by atoms with Crippen molar-refractivity contribution < 1.29 is 19.4 Å². The molecule has 0 aliphatic carbocycles. The van der Waals surface area contributed by atoms with Crippen molar-refractivity contribution in [2.45, 2.75) is 30.0 Å². The van der Waals surface area contributed by atoms with E-state index in [-0.39, 0.29) is 5.57 Å². The van der Waals surface area contributed by atoms with Gasteiger partial charge < -0.3 is 9.84 Å². The van der Waals surface area contributed by atoms with Gasteiger partial charge in [0.1, 0.15) is 5.75 Å². The number of ketones is 1. The van der Waals surface area contributed by atoms with Gasteiger partial charge in [0.2, 0.25) is 5.13 Å². The van der Waals surface area contributed by atoms with Crippen molar-refractivity contribution in [3.8, 4) is 5.75 Å². The first-order valence-electron chi connectivity index (χ1n) is 12.7. The van der Waals surface area contributed by atoms with Crippen molar-refractivity contribution in [3.63, 3.8) is 0 Å². The van der Waals surface area contributed by atoms with Crippen LogP contribution in [0.1, 0.15) is 35.2 Å². The van der Waals surface area contributed by atoms with Crippen LogP contribution in [0.5, 0.6) is 5.75 Å². The second-order valence-corrected chi connectivity index (χ2v) is 11.3. The van der Waals surface area contributed by atoms with Crippen LogP contribution >= 0.6 is 23.1 Å². The van der Waals surface area contributed by atoms with Gasteiger partial charge >= 0.3 is 0 Å². The molecule has 1 N–H and O–H groups in total. The van der Waals surface area contributed by atoms with Gasteiger partial charge in [0.25, 0.3) is 5.91 Å². The van der Waals surface area contributed by atoms with Gasteiger partial charge in [-0.05, 0) is 48.7 Å². The van der Waals surface area contributed by atoms with Gasteiger partial charge in [-0.2, -0.15) is 0 Å². The predicted octanol–water partition coefficient (Wildman–Crippen LogP) is 6.72. The lowest BCUT2D eigenvalue weighted by Gasteiger charge is -2.24.